The lowest BCUT2D eigenvalue weighted by molar-refractivity contribution is -0.186. The van der Waals surface area contributed by atoms with E-state index >= 15 is 0 Å². The molecule has 35 heavy (non-hydrogen) atoms. The zero-order valence-corrected chi connectivity index (χ0v) is 20.8. The summed E-state index contributed by atoms with van der Waals surface area (Å²) in [6.45, 7) is 7.00. The third-order valence-corrected chi connectivity index (χ3v) is 4.66. The summed E-state index contributed by atoms with van der Waals surface area (Å²) >= 11 is 0. The summed E-state index contributed by atoms with van der Waals surface area (Å²) in [5, 5.41) is 0. The number of carbonyl (C=O) groups excluding carboxylic acids is 5. The standard InChI is InChI=1S/C25H35NO9/c1-5-7-22(28)32-18(3)34-24(30)13-15-26(21-11-9-20(17-27)10-12-21)16-14-25(31)35-19(4)33-23(29)8-6-2/h9-12,17-19H,5-8,13-16H2,1-4H3. The Bertz CT molecular complexity index is 794. The molecule has 0 aliphatic carbocycles. The minimum atomic E-state index is -1.01. The van der Waals surface area contributed by atoms with Crippen LogP contribution in [0.1, 0.15) is 76.6 Å². The molecule has 10 heteroatoms. The highest BCUT2D eigenvalue weighted by Crippen LogP contribution is 2.17. The van der Waals surface area contributed by atoms with E-state index in [0.717, 1.165) is 0 Å². The molecule has 0 aliphatic heterocycles. The summed E-state index contributed by atoms with van der Waals surface area (Å²) in [4.78, 5) is 60.3. The van der Waals surface area contributed by atoms with Crippen LogP contribution in [0.3, 0.4) is 0 Å². The number of anilines is 1. The van der Waals surface area contributed by atoms with Gasteiger partial charge in [-0.3, -0.25) is 24.0 Å². The van der Waals surface area contributed by atoms with Crippen LogP contribution >= 0.6 is 0 Å². The maximum Gasteiger partial charge on any atom is 0.310 e. The minimum absolute atomic E-state index is 0.0365. The van der Waals surface area contributed by atoms with Gasteiger partial charge in [0, 0.05) is 51.0 Å². The number of hydrogen-bond donors (Lipinski definition) is 0. The average molecular weight is 494 g/mol. The van der Waals surface area contributed by atoms with E-state index in [1.807, 2.05) is 13.8 Å². The normalized spacial score (nSPS) is 12.1. The largest absolute Gasteiger partial charge is 0.425 e. The van der Waals surface area contributed by atoms with Crippen LogP contribution in [0.15, 0.2) is 24.3 Å². The smallest absolute Gasteiger partial charge is 0.310 e. The molecule has 0 radical (unpaired) electrons. The molecule has 2 atom stereocenters. The fourth-order valence-corrected chi connectivity index (χ4v) is 3.02. The summed E-state index contributed by atoms with van der Waals surface area (Å²) in [5.41, 5.74) is 1.17. The number of benzene rings is 1. The van der Waals surface area contributed by atoms with Crippen LogP contribution in [0.2, 0.25) is 0 Å². The Balaban J connectivity index is 2.68. The molecule has 0 aliphatic rings. The number of ether oxygens (including phenoxy) is 4. The predicted octanol–water partition coefficient (Wildman–Crippen LogP) is 3.55. The molecular weight excluding hydrogens is 458 g/mol. The number of aldehydes is 1. The molecule has 0 heterocycles. The number of nitrogens with zero attached hydrogens (tertiary/aromatic N) is 1. The van der Waals surface area contributed by atoms with Crippen LogP contribution < -0.4 is 4.90 Å². The van der Waals surface area contributed by atoms with Crippen LogP contribution in [0.4, 0.5) is 5.69 Å². The van der Waals surface area contributed by atoms with Gasteiger partial charge >= 0.3 is 23.9 Å². The molecule has 0 spiro atoms. The minimum Gasteiger partial charge on any atom is -0.425 e. The molecule has 0 N–H and O–H groups in total. The maximum absolute atomic E-state index is 12.2. The second-order valence-electron chi connectivity index (χ2n) is 7.79. The summed E-state index contributed by atoms with van der Waals surface area (Å²) in [6, 6.07) is 6.64. The third-order valence-electron chi connectivity index (χ3n) is 4.66. The Morgan fingerprint density at radius 1 is 0.714 bits per heavy atom. The van der Waals surface area contributed by atoms with Crippen molar-refractivity contribution in [3.05, 3.63) is 29.8 Å². The molecule has 10 nitrogen and oxygen atoms in total. The second-order valence-corrected chi connectivity index (χ2v) is 7.79. The van der Waals surface area contributed by atoms with Crippen molar-refractivity contribution in [3.8, 4) is 0 Å². The van der Waals surface area contributed by atoms with Gasteiger partial charge in [0.2, 0.25) is 12.6 Å². The van der Waals surface area contributed by atoms with E-state index in [4.69, 9.17) is 18.9 Å². The summed E-state index contributed by atoms with van der Waals surface area (Å²) in [6.07, 6.45) is 0.349. The van der Waals surface area contributed by atoms with Crippen molar-refractivity contribution in [1.82, 2.24) is 0 Å². The summed E-state index contributed by atoms with van der Waals surface area (Å²) < 4.78 is 20.3. The van der Waals surface area contributed by atoms with Gasteiger partial charge in [0.1, 0.15) is 6.29 Å². The predicted molar refractivity (Wildman–Crippen MR) is 126 cm³/mol. The van der Waals surface area contributed by atoms with Crippen molar-refractivity contribution >= 4 is 35.9 Å². The van der Waals surface area contributed by atoms with Crippen LogP contribution in [0.5, 0.6) is 0 Å². The lowest BCUT2D eigenvalue weighted by Gasteiger charge is -2.25. The van der Waals surface area contributed by atoms with E-state index in [-0.39, 0.29) is 38.8 Å². The average Bonchev–Trinajstić information content (AvgIpc) is 2.79. The van der Waals surface area contributed by atoms with Gasteiger partial charge in [0.05, 0.1) is 12.8 Å². The Morgan fingerprint density at radius 2 is 1.09 bits per heavy atom. The molecule has 194 valence electrons. The van der Waals surface area contributed by atoms with Crippen LogP contribution in [0.25, 0.3) is 0 Å². The van der Waals surface area contributed by atoms with Crippen molar-refractivity contribution in [1.29, 1.82) is 0 Å². The molecule has 2 unspecified atom stereocenters. The number of esters is 4. The number of carbonyl (C=O) groups is 5. The topological polar surface area (TPSA) is 126 Å². The van der Waals surface area contributed by atoms with Gasteiger partial charge in [0.25, 0.3) is 0 Å². The first-order valence-corrected chi connectivity index (χ1v) is 11.8. The van der Waals surface area contributed by atoms with Crippen LogP contribution in [-0.2, 0) is 38.1 Å². The van der Waals surface area contributed by atoms with Gasteiger partial charge < -0.3 is 23.8 Å². The quantitative estimate of drug-likeness (QED) is 0.192. The third kappa shape index (κ3) is 12.6. The SMILES string of the molecule is CCCC(=O)OC(C)OC(=O)CCN(CCC(=O)OC(C)OC(=O)CCC)c1ccc(C=O)cc1. The van der Waals surface area contributed by atoms with Gasteiger partial charge in [-0.25, -0.2) is 0 Å². The van der Waals surface area contributed by atoms with E-state index in [0.29, 0.717) is 30.4 Å². The molecule has 0 amide bonds. The Labute approximate surface area is 205 Å². The first kappa shape index (κ1) is 29.6. The van der Waals surface area contributed by atoms with Crippen molar-refractivity contribution < 1.29 is 42.9 Å². The molecule has 0 saturated carbocycles. The molecule has 0 aromatic heterocycles. The Morgan fingerprint density at radius 3 is 1.43 bits per heavy atom. The van der Waals surface area contributed by atoms with Crippen molar-refractivity contribution in [2.75, 3.05) is 18.0 Å². The Hall–Kier alpha value is -3.43. The fourth-order valence-electron chi connectivity index (χ4n) is 3.02. The molecule has 1 rings (SSSR count). The molecular formula is C25H35NO9. The van der Waals surface area contributed by atoms with Crippen molar-refractivity contribution in [3.63, 3.8) is 0 Å². The molecule has 0 bridgehead atoms. The highest BCUT2D eigenvalue weighted by molar-refractivity contribution is 5.76. The second kappa shape index (κ2) is 16.2. The molecule has 1 aromatic carbocycles. The van der Waals surface area contributed by atoms with E-state index < -0.39 is 36.5 Å². The first-order chi connectivity index (χ1) is 16.7. The number of hydrogen-bond acceptors (Lipinski definition) is 10. The monoisotopic (exact) mass is 493 g/mol. The summed E-state index contributed by atoms with van der Waals surface area (Å²) in [5.74, 6) is -2.04. The molecule has 1 aromatic rings. The maximum atomic E-state index is 12.2. The van der Waals surface area contributed by atoms with Gasteiger partial charge in [-0.15, -0.1) is 0 Å². The zero-order chi connectivity index (χ0) is 26.2. The first-order valence-electron chi connectivity index (χ1n) is 11.8. The fraction of sp³-hybridized carbons (Fsp3) is 0.560. The van der Waals surface area contributed by atoms with Gasteiger partial charge in [0.15, 0.2) is 0 Å². The Kier molecular flexibility index (Phi) is 13.7. The van der Waals surface area contributed by atoms with E-state index in [2.05, 4.69) is 0 Å². The zero-order valence-electron chi connectivity index (χ0n) is 20.8. The molecule has 0 saturated heterocycles. The van der Waals surface area contributed by atoms with Crippen LogP contribution in [-0.4, -0.2) is 55.8 Å². The highest BCUT2D eigenvalue weighted by atomic mass is 16.7. The van der Waals surface area contributed by atoms with Crippen molar-refractivity contribution in [2.24, 2.45) is 0 Å². The van der Waals surface area contributed by atoms with Gasteiger partial charge in [-0.2, -0.15) is 0 Å². The summed E-state index contributed by atoms with van der Waals surface area (Å²) in [7, 11) is 0. The van der Waals surface area contributed by atoms with E-state index in [1.54, 1.807) is 29.2 Å². The van der Waals surface area contributed by atoms with E-state index in [1.165, 1.54) is 13.8 Å². The van der Waals surface area contributed by atoms with E-state index in [9.17, 15) is 24.0 Å². The highest BCUT2D eigenvalue weighted by Gasteiger charge is 2.18. The lowest BCUT2D eigenvalue weighted by Crippen LogP contribution is -2.31. The lowest BCUT2D eigenvalue weighted by atomic mass is 10.2. The molecule has 0 fully saturated rings. The van der Waals surface area contributed by atoms with Crippen molar-refractivity contribution in [2.45, 2.75) is 78.8 Å². The van der Waals surface area contributed by atoms with Gasteiger partial charge in [-0.05, 0) is 37.1 Å². The van der Waals surface area contributed by atoms with Gasteiger partial charge in [-0.1, -0.05) is 13.8 Å². The van der Waals surface area contributed by atoms with Crippen LogP contribution in [0, 0.1) is 0 Å². The number of rotatable bonds is 16.